The molecule has 2 aromatic carbocycles. The molecule has 3 N–H and O–H groups in total. The Kier molecular flexibility index (Phi) is 5.63. The van der Waals surface area contributed by atoms with Crippen molar-refractivity contribution in [3.05, 3.63) is 57.0 Å². The number of nitrogens with one attached hydrogen (secondary N) is 1. The Morgan fingerprint density at radius 3 is 2.74 bits per heavy atom. The number of benzene rings is 2. The lowest BCUT2D eigenvalue weighted by Crippen LogP contribution is -2.21. The van der Waals surface area contributed by atoms with Gasteiger partial charge in [-0.05, 0) is 42.8 Å². The maximum atomic E-state index is 12.0. The number of aryl methyl sites for hydroxylation is 1. The van der Waals surface area contributed by atoms with E-state index in [2.05, 4.69) is 21.2 Å². The lowest BCUT2D eigenvalue weighted by atomic mass is 10.2. The molecule has 1 amide bonds. The summed E-state index contributed by atoms with van der Waals surface area (Å²) in [6, 6.07) is 9.96. The Labute approximate surface area is 146 Å². The van der Waals surface area contributed by atoms with Crippen LogP contribution in [0.1, 0.15) is 15.9 Å². The fourth-order valence-corrected chi connectivity index (χ4v) is 2.36. The van der Waals surface area contributed by atoms with Gasteiger partial charge in [-0.3, -0.25) is 4.79 Å². The zero-order valence-electron chi connectivity index (χ0n) is 12.2. The van der Waals surface area contributed by atoms with Gasteiger partial charge in [-0.25, -0.2) is 4.79 Å². The van der Waals surface area contributed by atoms with Crippen LogP contribution in [0.5, 0.6) is 0 Å². The van der Waals surface area contributed by atoms with Crippen molar-refractivity contribution in [3.8, 4) is 0 Å². The highest BCUT2D eigenvalue weighted by Gasteiger charge is 2.14. The number of amides is 1. The van der Waals surface area contributed by atoms with Crippen LogP contribution in [0, 0.1) is 6.92 Å². The molecule has 0 spiro atoms. The second-order valence-corrected chi connectivity index (χ2v) is 6.17. The molecule has 0 atom stereocenters. The molecule has 0 saturated carbocycles. The second-order valence-electron chi connectivity index (χ2n) is 4.82. The van der Waals surface area contributed by atoms with Gasteiger partial charge in [-0.1, -0.05) is 33.6 Å². The van der Waals surface area contributed by atoms with Crippen LogP contribution in [0.2, 0.25) is 5.02 Å². The maximum Gasteiger partial charge on any atom is 0.340 e. The van der Waals surface area contributed by atoms with Crippen molar-refractivity contribution in [2.45, 2.75) is 6.92 Å². The van der Waals surface area contributed by atoms with E-state index in [-0.39, 0.29) is 11.3 Å². The Balaban J connectivity index is 1.97. The number of anilines is 2. The summed E-state index contributed by atoms with van der Waals surface area (Å²) in [4.78, 5) is 23.9. The Hall–Kier alpha value is -2.05. The van der Waals surface area contributed by atoms with E-state index in [0.717, 1.165) is 5.56 Å². The van der Waals surface area contributed by atoms with Gasteiger partial charge < -0.3 is 15.8 Å². The van der Waals surface area contributed by atoms with E-state index in [4.69, 9.17) is 22.1 Å². The predicted octanol–water partition coefficient (Wildman–Crippen LogP) is 3.79. The molecule has 0 unspecified atom stereocenters. The molecule has 0 aliphatic heterocycles. The van der Waals surface area contributed by atoms with Gasteiger partial charge in [0.2, 0.25) is 0 Å². The van der Waals surface area contributed by atoms with Crippen molar-refractivity contribution >= 4 is 50.8 Å². The number of carbonyl (C=O) groups is 2. The topological polar surface area (TPSA) is 81.4 Å². The number of ether oxygens (including phenoxy) is 1. The van der Waals surface area contributed by atoms with Gasteiger partial charge in [0.25, 0.3) is 5.91 Å². The monoisotopic (exact) mass is 396 g/mol. The highest BCUT2D eigenvalue weighted by atomic mass is 79.9. The van der Waals surface area contributed by atoms with Crippen LogP contribution in [-0.2, 0) is 9.53 Å². The second kappa shape index (κ2) is 7.48. The van der Waals surface area contributed by atoms with E-state index < -0.39 is 18.5 Å². The number of halogens is 2. The first-order valence-electron chi connectivity index (χ1n) is 6.65. The first-order valence-corrected chi connectivity index (χ1v) is 7.82. The molecule has 7 heteroatoms. The Morgan fingerprint density at radius 1 is 1.26 bits per heavy atom. The number of nitrogens with two attached hydrogens (primary N) is 1. The van der Waals surface area contributed by atoms with E-state index in [1.165, 1.54) is 6.07 Å². The van der Waals surface area contributed by atoms with Gasteiger partial charge in [-0.15, -0.1) is 0 Å². The van der Waals surface area contributed by atoms with Crippen LogP contribution >= 0.6 is 27.5 Å². The summed E-state index contributed by atoms with van der Waals surface area (Å²) >= 11 is 9.13. The molecule has 2 aromatic rings. The minimum atomic E-state index is -0.665. The molecular formula is C16H14BrClN2O3. The number of nitrogen functional groups attached to an aromatic ring is 1. The average molecular weight is 398 g/mol. The van der Waals surface area contributed by atoms with E-state index in [0.29, 0.717) is 15.2 Å². The van der Waals surface area contributed by atoms with Gasteiger partial charge in [0.15, 0.2) is 6.61 Å². The zero-order valence-corrected chi connectivity index (χ0v) is 14.6. The van der Waals surface area contributed by atoms with Crippen LogP contribution in [0.4, 0.5) is 11.4 Å². The van der Waals surface area contributed by atoms with Crippen molar-refractivity contribution in [1.82, 2.24) is 0 Å². The largest absolute Gasteiger partial charge is 0.452 e. The van der Waals surface area contributed by atoms with Crippen LogP contribution in [-0.4, -0.2) is 18.5 Å². The van der Waals surface area contributed by atoms with Crippen LogP contribution < -0.4 is 11.1 Å². The maximum absolute atomic E-state index is 12.0. The third-order valence-corrected chi connectivity index (χ3v) is 3.77. The van der Waals surface area contributed by atoms with E-state index in [1.807, 2.05) is 6.92 Å². The number of hydrogen-bond acceptors (Lipinski definition) is 4. The number of hydrogen-bond donors (Lipinski definition) is 2. The van der Waals surface area contributed by atoms with Crippen molar-refractivity contribution in [1.29, 1.82) is 0 Å². The SMILES string of the molecule is Cc1ccc(Cl)cc1NC(=O)COC(=O)c1cc(Br)ccc1N. The molecule has 0 aliphatic rings. The molecule has 0 bridgehead atoms. The van der Waals surface area contributed by atoms with Gasteiger partial charge in [0, 0.05) is 20.9 Å². The Morgan fingerprint density at radius 2 is 2.00 bits per heavy atom. The lowest BCUT2D eigenvalue weighted by Gasteiger charge is -2.10. The standard InChI is InChI=1S/C16H14BrClN2O3/c1-9-2-4-11(18)7-14(9)20-15(21)8-23-16(22)12-6-10(17)3-5-13(12)19/h2-7H,8,19H2,1H3,(H,20,21). The van der Waals surface area contributed by atoms with Gasteiger partial charge in [-0.2, -0.15) is 0 Å². The average Bonchev–Trinajstić information content (AvgIpc) is 2.51. The summed E-state index contributed by atoms with van der Waals surface area (Å²) in [7, 11) is 0. The zero-order chi connectivity index (χ0) is 17.0. The quantitative estimate of drug-likeness (QED) is 0.607. The third-order valence-electron chi connectivity index (χ3n) is 3.04. The van der Waals surface area contributed by atoms with Gasteiger partial charge in [0.1, 0.15) is 0 Å². The lowest BCUT2D eigenvalue weighted by molar-refractivity contribution is -0.119. The molecular weight excluding hydrogens is 384 g/mol. The molecule has 0 aliphatic carbocycles. The molecule has 120 valence electrons. The van der Waals surface area contributed by atoms with E-state index in [9.17, 15) is 9.59 Å². The summed E-state index contributed by atoms with van der Waals surface area (Å²) < 4.78 is 5.68. The van der Waals surface area contributed by atoms with Crippen molar-refractivity contribution in [3.63, 3.8) is 0 Å². The summed E-state index contributed by atoms with van der Waals surface area (Å²) in [5.74, 6) is -1.13. The van der Waals surface area contributed by atoms with Crippen molar-refractivity contribution in [2.24, 2.45) is 0 Å². The normalized spacial score (nSPS) is 10.2. The molecule has 5 nitrogen and oxygen atoms in total. The summed E-state index contributed by atoms with van der Waals surface area (Å²) in [5, 5.41) is 3.15. The molecule has 0 aromatic heterocycles. The van der Waals surface area contributed by atoms with E-state index in [1.54, 1.807) is 30.3 Å². The minimum Gasteiger partial charge on any atom is -0.452 e. The number of carbonyl (C=O) groups excluding carboxylic acids is 2. The number of rotatable bonds is 4. The molecule has 23 heavy (non-hydrogen) atoms. The fraction of sp³-hybridized carbons (Fsp3) is 0.125. The van der Waals surface area contributed by atoms with Crippen LogP contribution in [0.3, 0.4) is 0 Å². The molecule has 0 saturated heterocycles. The Bertz CT molecular complexity index is 765. The highest BCUT2D eigenvalue weighted by molar-refractivity contribution is 9.10. The summed E-state index contributed by atoms with van der Waals surface area (Å²) in [6.07, 6.45) is 0. The summed E-state index contributed by atoms with van der Waals surface area (Å²) in [5.41, 5.74) is 7.62. The molecule has 0 heterocycles. The molecule has 0 fully saturated rings. The molecule has 2 rings (SSSR count). The first-order chi connectivity index (χ1) is 10.9. The summed E-state index contributed by atoms with van der Waals surface area (Å²) in [6.45, 7) is 1.41. The fourth-order valence-electron chi connectivity index (χ4n) is 1.83. The van der Waals surface area contributed by atoms with Crippen molar-refractivity contribution in [2.75, 3.05) is 17.7 Å². The highest BCUT2D eigenvalue weighted by Crippen LogP contribution is 2.21. The minimum absolute atomic E-state index is 0.200. The molecule has 0 radical (unpaired) electrons. The smallest absolute Gasteiger partial charge is 0.340 e. The first kappa shape index (κ1) is 17.3. The number of esters is 1. The van der Waals surface area contributed by atoms with Crippen LogP contribution in [0.25, 0.3) is 0 Å². The predicted molar refractivity (Wildman–Crippen MR) is 93.7 cm³/mol. The van der Waals surface area contributed by atoms with Crippen LogP contribution in [0.15, 0.2) is 40.9 Å². The van der Waals surface area contributed by atoms with Gasteiger partial charge >= 0.3 is 5.97 Å². The third kappa shape index (κ3) is 4.71. The van der Waals surface area contributed by atoms with E-state index >= 15 is 0 Å². The van der Waals surface area contributed by atoms with Gasteiger partial charge in [0.05, 0.1) is 5.56 Å². The van der Waals surface area contributed by atoms with Crippen molar-refractivity contribution < 1.29 is 14.3 Å².